The van der Waals surface area contributed by atoms with Crippen molar-refractivity contribution in [1.29, 1.82) is 0 Å². The third-order valence-electron chi connectivity index (χ3n) is 2.99. The maximum absolute atomic E-state index is 11.2. The average molecular weight is 224 g/mol. The van der Waals surface area contributed by atoms with Crippen molar-refractivity contribution in [1.82, 2.24) is 0 Å². The molecule has 0 atom stereocenters. The second-order valence-electron chi connectivity index (χ2n) is 5.00. The summed E-state index contributed by atoms with van der Waals surface area (Å²) in [7, 11) is 0. The Labute approximate surface area is 96.5 Å². The third-order valence-corrected chi connectivity index (χ3v) is 4.67. The van der Waals surface area contributed by atoms with Crippen LogP contribution >= 0.6 is 11.3 Å². The Morgan fingerprint density at radius 1 is 1.20 bits per heavy atom. The number of ketones is 1. The van der Waals surface area contributed by atoms with E-state index in [0.29, 0.717) is 6.42 Å². The summed E-state index contributed by atoms with van der Waals surface area (Å²) in [6.45, 7) is 12.5. The van der Waals surface area contributed by atoms with Crippen LogP contribution in [0.2, 0.25) is 0 Å². The van der Waals surface area contributed by atoms with Crippen molar-refractivity contribution in [2.75, 3.05) is 0 Å². The number of hydrogen-bond acceptors (Lipinski definition) is 2. The summed E-state index contributed by atoms with van der Waals surface area (Å²) in [6.07, 6.45) is 0.632. The molecule has 0 aliphatic carbocycles. The number of carbonyl (C=O) groups is 1. The van der Waals surface area contributed by atoms with Gasteiger partial charge in [0.25, 0.3) is 0 Å². The second kappa shape index (κ2) is 4.09. The average Bonchev–Trinajstić information content (AvgIpc) is 2.31. The Hall–Kier alpha value is -0.630. The van der Waals surface area contributed by atoms with Crippen LogP contribution < -0.4 is 0 Å². The van der Waals surface area contributed by atoms with Crippen molar-refractivity contribution in [2.24, 2.45) is 0 Å². The molecule has 1 aromatic rings. The highest BCUT2D eigenvalue weighted by Crippen LogP contribution is 2.38. The first-order valence-electron chi connectivity index (χ1n) is 5.32. The van der Waals surface area contributed by atoms with E-state index in [1.165, 1.54) is 20.9 Å². The van der Waals surface area contributed by atoms with Gasteiger partial charge < -0.3 is 0 Å². The highest BCUT2D eigenvalue weighted by Gasteiger charge is 2.27. The smallest absolute Gasteiger partial charge is 0.130 e. The lowest BCUT2D eigenvalue weighted by molar-refractivity contribution is -0.117. The molecule has 0 fully saturated rings. The van der Waals surface area contributed by atoms with Gasteiger partial charge in [0.2, 0.25) is 0 Å². The molecule has 0 saturated carbocycles. The Morgan fingerprint density at radius 3 is 2.07 bits per heavy atom. The minimum atomic E-state index is -0.0143. The van der Waals surface area contributed by atoms with Crippen LogP contribution in [0.1, 0.15) is 48.1 Å². The van der Waals surface area contributed by atoms with Crippen molar-refractivity contribution in [3.8, 4) is 0 Å². The van der Waals surface area contributed by atoms with Crippen LogP contribution in [-0.4, -0.2) is 5.78 Å². The lowest BCUT2D eigenvalue weighted by Gasteiger charge is -2.23. The molecule has 84 valence electrons. The second-order valence-corrected chi connectivity index (χ2v) is 6.22. The first kappa shape index (κ1) is 12.4. The Bertz CT molecular complexity index is 385. The lowest BCUT2D eigenvalue weighted by atomic mass is 9.83. The van der Waals surface area contributed by atoms with Gasteiger partial charge in [-0.15, -0.1) is 11.3 Å². The van der Waals surface area contributed by atoms with E-state index in [9.17, 15) is 4.79 Å². The van der Waals surface area contributed by atoms with Gasteiger partial charge in [-0.1, -0.05) is 13.8 Å². The summed E-state index contributed by atoms with van der Waals surface area (Å²) in [5.74, 6) is 0.267. The topological polar surface area (TPSA) is 17.1 Å². The molecule has 0 spiro atoms. The van der Waals surface area contributed by atoms with Gasteiger partial charge in [-0.05, 0) is 38.8 Å². The minimum Gasteiger partial charge on any atom is -0.300 e. The van der Waals surface area contributed by atoms with Gasteiger partial charge >= 0.3 is 0 Å². The molecular weight excluding hydrogens is 204 g/mol. The molecule has 0 amide bonds. The molecule has 1 aromatic heterocycles. The van der Waals surface area contributed by atoms with Crippen LogP contribution in [0.15, 0.2) is 0 Å². The number of hydrogen-bond donors (Lipinski definition) is 0. The van der Waals surface area contributed by atoms with Gasteiger partial charge in [-0.3, -0.25) is 4.79 Å². The molecule has 0 saturated heterocycles. The molecule has 0 bridgehead atoms. The van der Waals surface area contributed by atoms with Crippen molar-refractivity contribution in [3.63, 3.8) is 0 Å². The Kier molecular flexibility index (Phi) is 3.39. The maximum atomic E-state index is 11.2. The number of aryl methyl sites for hydroxylation is 1. The van der Waals surface area contributed by atoms with Crippen LogP contribution in [0.25, 0.3) is 0 Å². The van der Waals surface area contributed by atoms with E-state index < -0.39 is 0 Å². The van der Waals surface area contributed by atoms with E-state index in [4.69, 9.17) is 0 Å². The van der Waals surface area contributed by atoms with Gasteiger partial charge in [0.1, 0.15) is 5.78 Å². The molecule has 0 unspecified atom stereocenters. The number of Topliss-reactive ketones (excluding diaryl/α,β-unsaturated/α-hetero) is 1. The molecular formula is C13H20OS. The number of carbonyl (C=O) groups excluding carboxylic acids is 1. The number of rotatable bonds is 3. The zero-order chi connectivity index (χ0) is 11.8. The molecule has 1 heterocycles. The number of thiophene rings is 1. The van der Waals surface area contributed by atoms with E-state index in [2.05, 4.69) is 34.6 Å². The van der Waals surface area contributed by atoms with Gasteiger partial charge in [0.05, 0.1) is 0 Å². The molecule has 1 nitrogen and oxygen atoms in total. The first-order valence-corrected chi connectivity index (χ1v) is 6.14. The highest BCUT2D eigenvalue weighted by molar-refractivity contribution is 7.12. The summed E-state index contributed by atoms with van der Waals surface area (Å²) < 4.78 is 0. The summed E-state index contributed by atoms with van der Waals surface area (Å²) in [5.41, 5.74) is 2.73. The van der Waals surface area contributed by atoms with Crippen molar-refractivity contribution >= 4 is 17.1 Å². The molecule has 0 radical (unpaired) electrons. The van der Waals surface area contributed by atoms with Crippen LogP contribution in [0, 0.1) is 20.8 Å². The van der Waals surface area contributed by atoms with E-state index in [1.807, 2.05) is 11.3 Å². The van der Waals surface area contributed by atoms with Crippen LogP contribution in [-0.2, 0) is 10.2 Å². The summed E-state index contributed by atoms with van der Waals surface area (Å²) >= 11 is 1.84. The molecule has 0 N–H and O–H groups in total. The monoisotopic (exact) mass is 224 g/mol. The van der Waals surface area contributed by atoms with Gasteiger partial charge in [0.15, 0.2) is 0 Å². The first-order chi connectivity index (χ1) is 6.75. The zero-order valence-corrected chi connectivity index (χ0v) is 11.3. The maximum Gasteiger partial charge on any atom is 0.130 e. The Morgan fingerprint density at radius 2 is 1.73 bits per heavy atom. The van der Waals surface area contributed by atoms with E-state index in [-0.39, 0.29) is 11.2 Å². The fourth-order valence-electron chi connectivity index (χ4n) is 2.09. The van der Waals surface area contributed by atoms with Crippen LogP contribution in [0.5, 0.6) is 0 Å². The van der Waals surface area contributed by atoms with E-state index in [0.717, 1.165) is 0 Å². The van der Waals surface area contributed by atoms with Crippen molar-refractivity contribution in [3.05, 3.63) is 20.9 Å². The lowest BCUT2D eigenvalue weighted by Crippen LogP contribution is -2.20. The molecule has 0 aliphatic rings. The van der Waals surface area contributed by atoms with Crippen LogP contribution in [0.4, 0.5) is 0 Å². The predicted octanol–water partition coefficient (Wildman–Crippen LogP) is 3.93. The Balaban J connectivity index is 3.15. The van der Waals surface area contributed by atoms with Crippen molar-refractivity contribution < 1.29 is 4.79 Å². The van der Waals surface area contributed by atoms with Crippen molar-refractivity contribution in [2.45, 2.75) is 53.4 Å². The quantitative estimate of drug-likeness (QED) is 0.760. The highest BCUT2D eigenvalue weighted by atomic mass is 32.1. The fourth-order valence-corrected chi connectivity index (χ4v) is 3.36. The van der Waals surface area contributed by atoms with Gasteiger partial charge in [-0.2, -0.15) is 0 Å². The summed E-state index contributed by atoms with van der Waals surface area (Å²) in [6, 6.07) is 0. The standard InChI is InChI=1S/C13H20OS/c1-8(14)7-13(5,6)12-10(3)9(2)11(4)15-12/h7H2,1-6H3. The molecule has 0 aliphatic heterocycles. The van der Waals surface area contributed by atoms with Gasteiger partial charge in [0, 0.05) is 21.6 Å². The van der Waals surface area contributed by atoms with E-state index >= 15 is 0 Å². The predicted molar refractivity (Wildman–Crippen MR) is 66.9 cm³/mol. The fraction of sp³-hybridized carbons (Fsp3) is 0.615. The summed E-state index contributed by atoms with van der Waals surface area (Å²) in [4.78, 5) is 14.0. The third kappa shape index (κ3) is 2.49. The normalized spacial score (nSPS) is 11.9. The molecule has 0 aromatic carbocycles. The summed E-state index contributed by atoms with van der Waals surface area (Å²) in [5, 5.41) is 0. The minimum absolute atomic E-state index is 0.0143. The largest absolute Gasteiger partial charge is 0.300 e. The SMILES string of the molecule is CC(=O)CC(C)(C)c1sc(C)c(C)c1C. The van der Waals surface area contributed by atoms with E-state index in [1.54, 1.807) is 6.92 Å². The van der Waals surface area contributed by atoms with Gasteiger partial charge in [-0.25, -0.2) is 0 Å². The molecule has 1 rings (SSSR count). The van der Waals surface area contributed by atoms with Crippen LogP contribution in [0.3, 0.4) is 0 Å². The zero-order valence-electron chi connectivity index (χ0n) is 10.5. The molecule has 2 heteroatoms. The molecule has 15 heavy (non-hydrogen) atoms.